The number of aryl methyl sites for hydroxylation is 1. The van der Waals surface area contributed by atoms with Gasteiger partial charge in [0.15, 0.2) is 5.11 Å². The molecule has 1 aromatic carbocycles. The van der Waals surface area contributed by atoms with E-state index in [0.717, 1.165) is 5.69 Å². The van der Waals surface area contributed by atoms with E-state index in [4.69, 9.17) is 12.2 Å². The maximum absolute atomic E-state index is 5.65. The number of hydrogen-bond acceptors (Lipinski definition) is 2. The summed E-state index contributed by atoms with van der Waals surface area (Å²) in [5.74, 6) is 0. The fraction of sp³-hybridized carbons (Fsp3) is 0.476. The zero-order valence-electron chi connectivity index (χ0n) is 16.8. The molecule has 6 heteroatoms. The lowest BCUT2D eigenvalue weighted by molar-refractivity contribution is -1.02. The molecular formula is C21H32N4S2+2. The minimum absolute atomic E-state index is 0.266. The van der Waals surface area contributed by atoms with Crippen LogP contribution in [-0.2, 0) is 0 Å². The number of thiophene rings is 1. The van der Waals surface area contributed by atoms with Crippen molar-refractivity contribution < 1.29 is 9.80 Å². The van der Waals surface area contributed by atoms with Crippen LogP contribution < -0.4 is 20.4 Å². The van der Waals surface area contributed by atoms with Gasteiger partial charge in [0.2, 0.25) is 0 Å². The van der Waals surface area contributed by atoms with Gasteiger partial charge in [-0.2, -0.15) is 0 Å². The zero-order valence-corrected chi connectivity index (χ0v) is 18.4. The summed E-state index contributed by atoms with van der Waals surface area (Å²) in [6, 6.07) is 11.4. The average Bonchev–Trinajstić information content (AvgIpc) is 3.15. The Hall–Kier alpha value is -1.47. The molecule has 0 aliphatic carbocycles. The molecular weight excluding hydrogens is 372 g/mol. The quantitative estimate of drug-likeness (QED) is 0.565. The van der Waals surface area contributed by atoms with Gasteiger partial charge in [-0.25, -0.2) is 0 Å². The van der Waals surface area contributed by atoms with Crippen LogP contribution in [0.2, 0.25) is 0 Å². The highest BCUT2D eigenvalue weighted by atomic mass is 32.1. The van der Waals surface area contributed by atoms with E-state index in [-0.39, 0.29) is 6.04 Å². The van der Waals surface area contributed by atoms with Crippen LogP contribution in [0.15, 0.2) is 35.7 Å². The minimum atomic E-state index is 0.266. The molecule has 0 amide bonds. The molecule has 0 radical (unpaired) electrons. The Morgan fingerprint density at radius 3 is 2.52 bits per heavy atom. The zero-order chi connectivity index (χ0) is 19.4. The van der Waals surface area contributed by atoms with Crippen molar-refractivity contribution in [2.75, 3.05) is 38.5 Å². The highest BCUT2D eigenvalue weighted by Gasteiger charge is 2.34. The summed E-state index contributed by atoms with van der Waals surface area (Å²) in [6.07, 6.45) is 0. The molecule has 27 heavy (non-hydrogen) atoms. The molecule has 0 unspecified atom stereocenters. The van der Waals surface area contributed by atoms with Crippen molar-refractivity contribution in [3.05, 3.63) is 51.7 Å². The predicted molar refractivity (Wildman–Crippen MR) is 119 cm³/mol. The summed E-state index contributed by atoms with van der Waals surface area (Å²) in [5.41, 5.74) is 3.61. The van der Waals surface area contributed by atoms with Gasteiger partial charge in [0, 0.05) is 5.69 Å². The second-order valence-electron chi connectivity index (χ2n) is 7.74. The van der Waals surface area contributed by atoms with Gasteiger partial charge in [-0.1, -0.05) is 18.2 Å². The number of anilines is 1. The van der Waals surface area contributed by atoms with E-state index in [1.165, 1.54) is 42.2 Å². The van der Waals surface area contributed by atoms with Gasteiger partial charge >= 0.3 is 0 Å². The number of quaternary nitrogens is 2. The Balaban J connectivity index is 1.69. The standard InChI is InChI=1S/C21H30N4S2/c1-15-7-5-8-18(16(15)2)23-21(26)22-17(3)20(19-9-6-14-27-19)25-12-10-24(4)11-13-25/h5-9,14,17,20H,10-13H2,1-4H3,(H2,22,23,26)/p+2/t17-,20-/m1/s1. The van der Waals surface area contributed by atoms with Gasteiger partial charge in [-0.05, 0) is 61.6 Å². The molecule has 2 atom stereocenters. The monoisotopic (exact) mass is 404 g/mol. The lowest BCUT2D eigenvalue weighted by atomic mass is 10.1. The third-order valence-corrected chi connectivity index (χ3v) is 6.92. The Morgan fingerprint density at radius 1 is 1.11 bits per heavy atom. The molecule has 1 fully saturated rings. The molecule has 1 aromatic heterocycles. The number of nitrogens with one attached hydrogen (secondary N) is 4. The Bertz CT molecular complexity index is 752. The highest BCUT2D eigenvalue weighted by Crippen LogP contribution is 2.21. The predicted octanol–water partition coefficient (Wildman–Crippen LogP) is 1.19. The van der Waals surface area contributed by atoms with Crippen molar-refractivity contribution in [2.24, 2.45) is 0 Å². The second-order valence-corrected chi connectivity index (χ2v) is 9.13. The van der Waals surface area contributed by atoms with Crippen LogP contribution in [0, 0.1) is 13.8 Å². The second kappa shape index (κ2) is 9.15. The third kappa shape index (κ3) is 5.08. The van der Waals surface area contributed by atoms with Gasteiger partial charge in [-0.15, -0.1) is 11.3 Å². The largest absolute Gasteiger partial charge is 0.354 e. The van der Waals surface area contributed by atoms with Gasteiger partial charge in [-0.3, -0.25) is 0 Å². The Kier molecular flexibility index (Phi) is 6.87. The molecule has 0 saturated carbocycles. The highest BCUT2D eigenvalue weighted by molar-refractivity contribution is 7.80. The number of piperazine rings is 1. The van der Waals surface area contributed by atoms with Crippen molar-refractivity contribution in [2.45, 2.75) is 32.9 Å². The summed E-state index contributed by atoms with van der Waals surface area (Å²) < 4.78 is 0. The van der Waals surface area contributed by atoms with E-state index in [1.54, 1.807) is 9.80 Å². The van der Waals surface area contributed by atoms with Gasteiger partial charge < -0.3 is 20.4 Å². The molecule has 1 aliphatic heterocycles. The molecule has 146 valence electrons. The van der Waals surface area contributed by atoms with Crippen LogP contribution in [-0.4, -0.2) is 44.4 Å². The molecule has 4 nitrogen and oxygen atoms in total. The minimum Gasteiger partial charge on any atom is -0.354 e. The van der Waals surface area contributed by atoms with Gasteiger partial charge in [0.25, 0.3) is 0 Å². The van der Waals surface area contributed by atoms with E-state index in [9.17, 15) is 0 Å². The summed E-state index contributed by atoms with van der Waals surface area (Å²) in [4.78, 5) is 4.74. The third-order valence-electron chi connectivity index (χ3n) is 5.75. The lowest BCUT2D eigenvalue weighted by Gasteiger charge is -2.36. The summed E-state index contributed by atoms with van der Waals surface area (Å²) >= 11 is 7.51. The van der Waals surface area contributed by atoms with E-state index in [2.05, 4.69) is 74.2 Å². The molecule has 3 rings (SSSR count). The van der Waals surface area contributed by atoms with Crippen molar-refractivity contribution in [1.29, 1.82) is 0 Å². The molecule has 0 spiro atoms. The SMILES string of the molecule is Cc1cccc(NC(=S)N[C@H](C)[C@H](c2cccs2)[NH+]2CC[NH+](C)CC2)c1C. The molecule has 2 heterocycles. The number of benzene rings is 1. The Morgan fingerprint density at radius 2 is 1.85 bits per heavy atom. The van der Waals surface area contributed by atoms with Crippen molar-refractivity contribution in [3.8, 4) is 0 Å². The smallest absolute Gasteiger partial charge is 0.171 e. The summed E-state index contributed by atoms with van der Waals surface area (Å²) in [7, 11) is 2.29. The molecule has 4 N–H and O–H groups in total. The van der Waals surface area contributed by atoms with Gasteiger partial charge in [0.05, 0.1) is 18.0 Å². The number of likely N-dealkylation sites (N-methyl/N-ethyl adjacent to an activating group) is 1. The van der Waals surface area contributed by atoms with Crippen LogP contribution >= 0.6 is 23.6 Å². The molecule has 0 bridgehead atoms. The van der Waals surface area contributed by atoms with Gasteiger partial charge in [0.1, 0.15) is 32.2 Å². The molecule has 2 aromatic rings. The number of rotatable bonds is 5. The first-order valence-electron chi connectivity index (χ1n) is 9.78. The fourth-order valence-corrected chi connectivity index (χ4v) is 5.20. The topological polar surface area (TPSA) is 32.9 Å². The van der Waals surface area contributed by atoms with Crippen LogP contribution in [0.3, 0.4) is 0 Å². The first-order valence-corrected chi connectivity index (χ1v) is 11.1. The van der Waals surface area contributed by atoms with Crippen LogP contribution in [0.4, 0.5) is 5.69 Å². The van der Waals surface area contributed by atoms with Crippen LogP contribution in [0.25, 0.3) is 0 Å². The fourth-order valence-electron chi connectivity index (χ4n) is 3.91. The lowest BCUT2D eigenvalue weighted by Crippen LogP contribution is -3.27. The first-order chi connectivity index (χ1) is 13.0. The van der Waals surface area contributed by atoms with E-state index >= 15 is 0 Å². The van der Waals surface area contributed by atoms with E-state index in [1.807, 2.05) is 11.3 Å². The van der Waals surface area contributed by atoms with Crippen molar-refractivity contribution >= 4 is 34.4 Å². The summed E-state index contributed by atoms with van der Waals surface area (Å²) in [6.45, 7) is 11.4. The number of thiocarbonyl (C=S) groups is 1. The maximum Gasteiger partial charge on any atom is 0.171 e. The van der Waals surface area contributed by atoms with Crippen molar-refractivity contribution in [3.63, 3.8) is 0 Å². The molecule has 1 saturated heterocycles. The maximum atomic E-state index is 5.65. The van der Waals surface area contributed by atoms with E-state index < -0.39 is 0 Å². The summed E-state index contributed by atoms with van der Waals surface area (Å²) in [5, 5.41) is 9.86. The van der Waals surface area contributed by atoms with Crippen LogP contribution in [0.5, 0.6) is 0 Å². The van der Waals surface area contributed by atoms with Crippen LogP contribution in [0.1, 0.15) is 29.0 Å². The number of hydrogen-bond donors (Lipinski definition) is 4. The average molecular weight is 405 g/mol. The Labute approximate surface area is 172 Å². The molecule has 1 aliphatic rings. The normalized spacial score (nSPS) is 22.1. The first kappa shape index (κ1) is 20.3. The van der Waals surface area contributed by atoms with E-state index in [0.29, 0.717) is 11.2 Å². The van der Waals surface area contributed by atoms with Crippen molar-refractivity contribution in [1.82, 2.24) is 5.32 Å².